The van der Waals surface area contributed by atoms with E-state index >= 15 is 0 Å². The van der Waals surface area contributed by atoms with Crippen molar-refractivity contribution in [1.29, 1.82) is 0 Å². The number of anilines is 3. The van der Waals surface area contributed by atoms with Crippen LogP contribution in [0.4, 0.5) is 17.1 Å². The van der Waals surface area contributed by atoms with E-state index < -0.39 is 0 Å². The first-order valence-electron chi connectivity index (χ1n) is 7.88. The van der Waals surface area contributed by atoms with Gasteiger partial charge >= 0.3 is 0 Å². The van der Waals surface area contributed by atoms with Crippen molar-refractivity contribution in [2.75, 3.05) is 17.7 Å². The fourth-order valence-corrected chi connectivity index (χ4v) is 2.40. The molecular formula is C20H19N3O2. The number of hydrogen-bond donors (Lipinski definition) is 2. The summed E-state index contributed by atoms with van der Waals surface area (Å²) in [6, 6.07) is 17.0. The van der Waals surface area contributed by atoms with E-state index in [0.29, 0.717) is 5.56 Å². The standard InChI is InChI=1S/C20H19N3O2/c1-14-4-3-5-17(10-14)23-20(24)15-11-18(13-21-12-15)22-16-6-8-19(25-2)9-7-16/h3-13,22H,1-2H3,(H,23,24). The van der Waals surface area contributed by atoms with Crippen LogP contribution in [0.1, 0.15) is 15.9 Å². The number of aryl methyl sites for hydroxylation is 1. The van der Waals surface area contributed by atoms with E-state index in [2.05, 4.69) is 15.6 Å². The van der Waals surface area contributed by atoms with Crippen LogP contribution in [-0.4, -0.2) is 18.0 Å². The van der Waals surface area contributed by atoms with Gasteiger partial charge in [-0.1, -0.05) is 12.1 Å². The first-order chi connectivity index (χ1) is 12.1. The number of methoxy groups -OCH3 is 1. The fraction of sp³-hybridized carbons (Fsp3) is 0.100. The molecule has 1 amide bonds. The Bertz CT molecular complexity index is 876. The van der Waals surface area contributed by atoms with Crippen LogP contribution >= 0.6 is 0 Å². The summed E-state index contributed by atoms with van der Waals surface area (Å²) in [6.07, 6.45) is 3.22. The van der Waals surface area contributed by atoms with Crippen LogP contribution in [0, 0.1) is 6.92 Å². The van der Waals surface area contributed by atoms with Gasteiger partial charge in [0, 0.05) is 17.6 Å². The number of carbonyl (C=O) groups is 1. The Labute approximate surface area is 146 Å². The minimum atomic E-state index is -0.198. The number of nitrogens with zero attached hydrogens (tertiary/aromatic N) is 1. The number of pyridine rings is 1. The second-order valence-electron chi connectivity index (χ2n) is 5.64. The molecule has 5 heteroatoms. The maximum Gasteiger partial charge on any atom is 0.257 e. The molecule has 1 aromatic heterocycles. The molecule has 3 rings (SSSR count). The van der Waals surface area contributed by atoms with Crippen LogP contribution in [-0.2, 0) is 0 Å². The van der Waals surface area contributed by atoms with Crippen molar-refractivity contribution in [3.8, 4) is 5.75 Å². The molecule has 0 aliphatic rings. The predicted molar refractivity (Wildman–Crippen MR) is 99.6 cm³/mol. The zero-order valence-corrected chi connectivity index (χ0v) is 14.1. The SMILES string of the molecule is COc1ccc(Nc2cncc(C(=O)Nc3cccc(C)c3)c2)cc1. The molecule has 0 saturated heterocycles. The Morgan fingerprint density at radius 3 is 2.48 bits per heavy atom. The van der Waals surface area contributed by atoms with Gasteiger partial charge in [0.25, 0.3) is 5.91 Å². The first-order valence-corrected chi connectivity index (χ1v) is 7.88. The van der Waals surface area contributed by atoms with Crippen molar-refractivity contribution in [1.82, 2.24) is 4.98 Å². The fourth-order valence-electron chi connectivity index (χ4n) is 2.40. The normalized spacial score (nSPS) is 10.2. The first kappa shape index (κ1) is 16.5. The van der Waals surface area contributed by atoms with Crippen molar-refractivity contribution in [2.24, 2.45) is 0 Å². The highest BCUT2D eigenvalue weighted by Crippen LogP contribution is 2.20. The molecule has 2 aromatic carbocycles. The molecule has 0 aliphatic heterocycles. The Morgan fingerprint density at radius 1 is 0.960 bits per heavy atom. The summed E-state index contributed by atoms with van der Waals surface area (Å²) >= 11 is 0. The van der Waals surface area contributed by atoms with Crippen molar-refractivity contribution >= 4 is 23.0 Å². The summed E-state index contributed by atoms with van der Waals surface area (Å²) < 4.78 is 5.14. The number of ether oxygens (including phenoxy) is 1. The molecule has 0 bridgehead atoms. The van der Waals surface area contributed by atoms with E-state index in [1.54, 1.807) is 25.6 Å². The average Bonchev–Trinajstić information content (AvgIpc) is 2.62. The highest BCUT2D eigenvalue weighted by atomic mass is 16.5. The van der Waals surface area contributed by atoms with Gasteiger partial charge < -0.3 is 15.4 Å². The van der Waals surface area contributed by atoms with Crippen LogP contribution in [0.3, 0.4) is 0 Å². The van der Waals surface area contributed by atoms with Crippen molar-refractivity contribution in [2.45, 2.75) is 6.92 Å². The minimum Gasteiger partial charge on any atom is -0.497 e. The van der Waals surface area contributed by atoms with Crippen LogP contribution in [0.5, 0.6) is 5.75 Å². The second-order valence-corrected chi connectivity index (χ2v) is 5.64. The summed E-state index contributed by atoms with van der Waals surface area (Å²) in [7, 11) is 1.63. The van der Waals surface area contributed by atoms with Crippen LogP contribution in [0.15, 0.2) is 67.0 Å². The third-order valence-electron chi connectivity index (χ3n) is 3.66. The minimum absolute atomic E-state index is 0.198. The van der Waals surface area contributed by atoms with Gasteiger partial charge in [-0.05, 0) is 55.0 Å². The van der Waals surface area contributed by atoms with Gasteiger partial charge in [-0.25, -0.2) is 0 Å². The van der Waals surface area contributed by atoms with E-state index in [-0.39, 0.29) is 5.91 Å². The van der Waals surface area contributed by atoms with Gasteiger partial charge in [-0.2, -0.15) is 0 Å². The number of benzene rings is 2. The summed E-state index contributed by atoms with van der Waals surface area (Å²) in [5, 5.41) is 6.11. The third kappa shape index (κ3) is 4.35. The molecule has 3 aromatic rings. The average molecular weight is 333 g/mol. The Kier molecular flexibility index (Phi) is 4.95. The maximum atomic E-state index is 12.4. The van der Waals surface area contributed by atoms with Crippen molar-refractivity contribution in [3.63, 3.8) is 0 Å². The summed E-state index contributed by atoms with van der Waals surface area (Å²) in [5.74, 6) is 0.589. The molecule has 25 heavy (non-hydrogen) atoms. The van der Waals surface area contributed by atoms with E-state index in [1.165, 1.54) is 0 Å². The molecule has 0 fully saturated rings. The van der Waals surface area contributed by atoms with Gasteiger partial charge in [0.1, 0.15) is 5.75 Å². The number of aromatic nitrogens is 1. The summed E-state index contributed by atoms with van der Waals surface area (Å²) in [4.78, 5) is 16.6. The molecular weight excluding hydrogens is 314 g/mol. The van der Waals surface area contributed by atoms with Crippen LogP contribution in [0.2, 0.25) is 0 Å². The number of rotatable bonds is 5. The lowest BCUT2D eigenvalue weighted by Crippen LogP contribution is -2.12. The molecule has 0 aliphatic carbocycles. The van der Waals surface area contributed by atoms with Crippen LogP contribution in [0.25, 0.3) is 0 Å². The van der Waals surface area contributed by atoms with E-state index in [1.807, 2.05) is 55.5 Å². The quantitative estimate of drug-likeness (QED) is 0.727. The Hall–Kier alpha value is -3.34. The van der Waals surface area contributed by atoms with E-state index in [4.69, 9.17) is 4.74 Å². The van der Waals surface area contributed by atoms with E-state index in [0.717, 1.165) is 28.4 Å². The zero-order valence-electron chi connectivity index (χ0n) is 14.1. The van der Waals surface area contributed by atoms with Crippen molar-refractivity contribution in [3.05, 3.63) is 78.1 Å². The highest BCUT2D eigenvalue weighted by molar-refractivity contribution is 6.04. The molecule has 5 nitrogen and oxygen atoms in total. The Balaban J connectivity index is 1.72. The summed E-state index contributed by atoms with van der Waals surface area (Å²) in [5.41, 5.74) is 3.96. The Morgan fingerprint density at radius 2 is 1.76 bits per heavy atom. The lowest BCUT2D eigenvalue weighted by atomic mass is 10.2. The smallest absolute Gasteiger partial charge is 0.257 e. The number of hydrogen-bond acceptors (Lipinski definition) is 4. The number of carbonyl (C=O) groups excluding carboxylic acids is 1. The molecule has 2 N–H and O–H groups in total. The largest absolute Gasteiger partial charge is 0.497 e. The predicted octanol–water partition coefficient (Wildman–Crippen LogP) is 4.39. The molecule has 126 valence electrons. The van der Waals surface area contributed by atoms with Gasteiger partial charge in [-0.15, -0.1) is 0 Å². The lowest BCUT2D eigenvalue weighted by molar-refractivity contribution is 0.102. The van der Waals surface area contributed by atoms with Gasteiger partial charge in [0.05, 0.1) is 24.6 Å². The van der Waals surface area contributed by atoms with Crippen LogP contribution < -0.4 is 15.4 Å². The molecule has 0 saturated carbocycles. The molecule has 1 heterocycles. The second kappa shape index (κ2) is 7.49. The monoisotopic (exact) mass is 333 g/mol. The van der Waals surface area contributed by atoms with Gasteiger partial charge in [0.2, 0.25) is 0 Å². The molecule has 0 atom stereocenters. The van der Waals surface area contributed by atoms with E-state index in [9.17, 15) is 4.79 Å². The third-order valence-corrected chi connectivity index (χ3v) is 3.66. The molecule has 0 unspecified atom stereocenters. The highest BCUT2D eigenvalue weighted by Gasteiger charge is 2.08. The lowest BCUT2D eigenvalue weighted by Gasteiger charge is -2.09. The van der Waals surface area contributed by atoms with Crippen molar-refractivity contribution < 1.29 is 9.53 Å². The number of amides is 1. The van der Waals surface area contributed by atoms with Gasteiger partial charge in [-0.3, -0.25) is 9.78 Å². The van der Waals surface area contributed by atoms with Gasteiger partial charge in [0.15, 0.2) is 0 Å². The summed E-state index contributed by atoms with van der Waals surface area (Å²) in [6.45, 7) is 1.98. The maximum absolute atomic E-state index is 12.4. The number of nitrogens with one attached hydrogen (secondary N) is 2. The molecule has 0 radical (unpaired) electrons. The zero-order chi connectivity index (χ0) is 17.6. The topological polar surface area (TPSA) is 63.2 Å². The molecule has 0 spiro atoms.